The SMILES string of the molecule is CNS(=O)(=O)c1ccccc1NC(=O)CC(CN)OC. The summed E-state index contributed by atoms with van der Waals surface area (Å²) in [6.45, 7) is 0.209. The molecule has 0 heterocycles. The van der Waals surface area contributed by atoms with Crippen LogP contribution in [0, 0.1) is 0 Å². The Hall–Kier alpha value is -1.48. The number of benzene rings is 1. The molecule has 8 heteroatoms. The third-order valence-electron chi connectivity index (χ3n) is 2.73. The molecular weight excluding hydrogens is 282 g/mol. The zero-order chi connectivity index (χ0) is 15.2. The van der Waals surface area contributed by atoms with Crippen LogP contribution >= 0.6 is 0 Å². The van der Waals surface area contributed by atoms with Crippen molar-refractivity contribution in [1.29, 1.82) is 0 Å². The highest BCUT2D eigenvalue weighted by Crippen LogP contribution is 2.20. The van der Waals surface area contributed by atoms with Crippen LogP contribution in [-0.4, -0.2) is 41.1 Å². The van der Waals surface area contributed by atoms with E-state index in [-0.39, 0.29) is 29.5 Å². The number of para-hydroxylation sites is 1. The molecular formula is C12H19N3O4S. The number of carbonyl (C=O) groups is 1. The van der Waals surface area contributed by atoms with Gasteiger partial charge in [0.15, 0.2) is 0 Å². The number of anilines is 1. The molecule has 7 nitrogen and oxygen atoms in total. The fourth-order valence-corrected chi connectivity index (χ4v) is 2.47. The topological polar surface area (TPSA) is 111 Å². The molecule has 1 amide bonds. The number of hydrogen-bond acceptors (Lipinski definition) is 5. The van der Waals surface area contributed by atoms with Crippen LogP contribution in [0.4, 0.5) is 5.69 Å². The van der Waals surface area contributed by atoms with E-state index in [1.165, 1.54) is 26.3 Å². The van der Waals surface area contributed by atoms with Crippen molar-refractivity contribution < 1.29 is 17.9 Å². The van der Waals surface area contributed by atoms with Gasteiger partial charge in [-0.2, -0.15) is 0 Å². The predicted octanol–water partition coefficient (Wildman–Crippen LogP) is -0.103. The lowest BCUT2D eigenvalue weighted by Crippen LogP contribution is -2.29. The number of rotatable bonds is 7. The average molecular weight is 301 g/mol. The summed E-state index contributed by atoms with van der Waals surface area (Å²) in [6.07, 6.45) is -0.343. The average Bonchev–Trinajstić information content (AvgIpc) is 2.45. The van der Waals surface area contributed by atoms with E-state index in [1.807, 2.05) is 0 Å². The quantitative estimate of drug-likeness (QED) is 0.651. The molecule has 1 rings (SSSR count). The summed E-state index contributed by atoms with van der Waals surface area (Å²) in [5.74, 6) is -0.360. The number of hydrogen-bond donors (Lipinski definition) is 3. The zero-order valence-corrected chi connectivity index (χ0v) is 12.2. The summed E-state index contributed by atoms with van der Waals surface area (Å²) in [6, 6.07) is 6.16. The van der Waals surface area contributed by atoms with Crippen molar-refractivity contribution in [3.63, 3.8) is 0 Å². The van der Waals surface area contributed by atoms with Crippen molar-refractivity contribution >= 4 is 21.6 Å². The maximum absolute atomic E-state index is 11.8. The summed E-state index contributed by atoms with van der Waals surface area (Å²) in [7, 11) is -0.863. The lowest BCUT2D eigenvalue weighted by Gasteiger charge is -2.14. The van der Waals surface area contributed by atoms with Crippen molar-refractivity contribution in [2.24, 2.45) is 5.73 Å². The van der Waals surface area contributed by atoms with Gasteiger partial charge in [-0.25, -0.2) is 13.1 Å². The molecule has 0 spiro atoms. The molecule has 0 saturated carbocycles. The fourth-order valence-electron chi connectivity index (χ4n) is 1.59. The second-order valence-corrected chi connectivity index (χ2v) is 5.90. The fraction of sp³-hybridized carbons (Fsp3) is 0.417. The highest BCUT2D eigenvalue weighted by molar-refractivity contribution is 7.89. The maximum atomic E-state index is 11.8. The minimum atomic E-state index is -3.63. The number of nitrogens with one attached hydrogen (secondary N) is 2. The molecule has 112 valence electrons. The van der Waals surface area contributed by atoms with E-state index in [1.54, 1.807) is 12.1 Å². The highest BCUT2D eigenvalue weighted by atomic mass is 32.2. The Balaban J connectivity index is 2.91. The van der Waals surface area contributed by atoms with Crippen LogP contribution < -0.4 is 15.8 Å². The van der Waals surface area contributed by atoms with Crippen molar-refractivity contribution in [3.8, 4) is 0 Å². The summed E-state index contributed by atoms with van der Waals surface area (Å²) >= 11 is 0. The Kier molecular flexibility index (Phi) is 6.08. The Labute approximate surface area is 118 Å². The summed E-state index contributed by atoms with van der Waals surface area (Å²) < 4.78 is 30.9. The van der Waals surface area contributed by atoms with Gasteiger partial charge < -0.3 is 15.8 Å². The summed E-state index contributed by atoms with van der Waals surface area (Å²) in [5.41, 5.74) is 5.66. The van der Waals surface area contributed by atoms with Gasteiger partial charge in [0, 0.05) is 13.7 Å². The van der Waals surface area contributed by atoms with Crippen molar-refractivity contribution in [1.82, 2.24) is 4.72 Å². The van der Waals surface area contributed by atoms with Gasteiger partial charge in [0.05, 0.1) is 18.2 Å². The van der Waals surface area contributed by atoms with E-state index in [0.717, 1.165) is 0 Å². The molecule has 0 fully saturated rings. The van der Waals surface area contributed by atoms with Gasteiger partial charge in [0.1, 0.15) is 4.90 Å². The van der Waals surface area contributed by atoms with E-state index in [0.29, 0.717) is 0 Å². The number of ether oxygens (including phenoxy) is 1. The van der Waals surface area contributed by atoms with Crippen molar-refractivity contribution in [3.05, 3.63) is 24.3 Å². The van der Waals surface area contributed by atoms with Gasteiger partial charge in [-0.15, -0.1) is 0 Å². The molecule has 0 aliphatic carbocycles. The van der Waals surface area contributed by atoms with Crippen molar-refractivity contribution in [2.75, 3.05) is 26.0 Å². The number of nitrogens with two attached hydrogens (primary N) is 1. The monoisotopic (exact) mass is 301 g/mol. The van der Waals surface area contributed by atoms with Gasteiger partial charge in [0.2, 0.25) is 15.9 Å². The highest BCUT2D eigenvalue weighted by Gasteiger charge is 2.18. The number of carbonyl (C=O) groups excluding carboxylic acids is 1. The van der Waals surface area contributed by atoms with E-state index >= 15 is 0 Å². The molecule has 1 atom stereocenters. The molecule has 1 aromatic carbocycles. The summed E-state index contributed by atoms with van der Waals surface area (Å²) in [4.78, 5) is 11.9. The number of amides is 1. The first-order valence-corrected chi connectivity index (χ1v) is 7.48. The Morgan fingerprint density at radius 1 is 1.40 bits per heavy atom. The summed E-state index contributed by atoms with van der Waals surface area (Å²) in [5, 5.41) is 2.56. The largest absolute Gasteiger partial charge is 0.380 e. The lowest BCUT2D eigenvalue weighted by molar-refractivity contribution is -0.118. The predicted molar refractivity (Wildman–Crippen MR) is 75.8 cm³/mol. The third-order valence-corrected chi connectivity index (χ3v) is 4.20. The second kappa shape index (κ2) is 7.34. The molecule has 1 aromatic rings. The molecule has 0 radical (unpaired) electrons. The Morgan fingerprint density at radius 2 is 2.05 bits per heavy atom. The molecule has 0 bridgehead atoms. The maximum Gasteiger partial charge on any atom is 0.242 e. The van der Waals surface area contributed by atoms with Crippen molar-refractivity contribution in [2.45, 2.75) is 17.4 Å². The first-order chi connectivity index (χ1) is 9.44. The van der Waals surface area contributed by atoms with Crippen LogP contribution in [0.25, 0.3) is 0 Å². The van der Waals surface area contributed by atoms with Crippen LogP contribution in [0.5, 0.6) is 0 Å². The Bertz CT molecular complexity index is 556. The first kappa shape index (κ1) is 16.6. The van der Waals surface area contributed by atoms with Crippen LogP contribution in [0.1, 0.15) is 6.42 Å². The molecule has 0 aromatic heterocycles. The third kappa shape index (κ3) is 4.27. The van der Waals surface area contributed by atoms with Crippen LogP contribution in [0.2, 0.25) is 0 Å². The zero-order valence-electron chi connectivity index (χ0n) is 11.4. The van der Waals surface area contributed by atoms with E-state index < -0.39 is 16.1 Å². The van der Waals surface area contributed by atoms with Crippen LogP contribution in [-0.2, 0) is 19.6 Å². The molecule has 0 saturated heterocycles. The molecule has 1 unspecified atom stereocenters. The molecule has 20 heavy (non-hydrogen) atoms. The van der Waals surface area contributed by atoms with Crippen LogP contribution in [0.3, 0.4) is 0 Å². The second-order valence-electron chi connectivity index (χ2n) is 4.05. The van der Waals surface area contributed by atoms with Gasteiger partial charge in [-0.1, -0.05) is 12.1 Å². The minimum Gasteiger partial charge on any atom is -0.380 e. The van der Waals surface area contributed by atoms with E-state index in [2.05, 4.69) is 10.0 Å². The first-order valence-electron chi connectivity index (χ1n) is 6.00. The van der Waals surface area contributed by atoms with Gasteiger partial charge in [0.25, 0.3) is 0 Å². The standard InChI is InChI=1S/C12H19N3O4S/c1-14-20(17,18)11-6-4-3-5-10(11)15-12(16)7-9(8-13)19-2/h3-6,9,14H,7-8,13H2,1-2H3,(H,15,16). The van der Waals surface area contributed by atoms with E-state index in [9.17, 15) is 13.2 Å². The Morgan fingerprint density at radius 3 is 2.60 bits per heavy atom. The lowest BCUT2D eigenvalue weighted by atomic mass is 10.2. The molecule has 4 N–H and O–H groups in total. The normalized spacial score (nSPS) is 12.9. The van der Waals surface area contributed by atoms with E-state index in [4.69, 9.17) is 10.5 Å². The molecule has 0 aliphatic rings. The number of sulfonamides is 1. The number of methoxy groups -OCH3 is 1. The van der Waals surface area contributed by atoms with Crippen LogP contribution in [0.15, 0.2) is 29.2 Å². The molecule has 0 aliphatic heterocycles. The van der Waals surface area contributed by atoms with Gasteiger partial charge in [-0.3, -0.25) is 4.79 Å². The van der Waals surface area contributed by atoms with Gasteiger partial charge >= 0.3 is 0 Å². The van der Waals surface area contributed by atoms with Gasteiger partial charge in [-0.05, 0) is 19.2 Å². The smallest absolute Gasteiger partial charge is 0.242 e. The minimum absolute atomic E-state index is 0.0116.